The normalized spacial score (nSPS) is 29.3. The second-order valence-electron chi connectivity index (χ2n) is 14.8. The molecule has 4 aliphatic carbocycles. The van der Waals surface area contributed by atoms with Gasteiger partial charge < -0.3 is 14.6 Å². The third-order valence-electron chi connectivity index (χ3n) is 10.4. The smallest absolute Gasteiger partial charge is 0.254 e. The van der Waals surface area contributed by atoms with Crippen LogP contribution in [0.4, 0.5) is 14.5 Å². The summed E-state index contributed by atoms with van der Waals surface area (Å²) in [5.41, 5.74) is 7.18. The lowest BCUT2D eigenvalue weighted by atomic mass is 9.87. The second kappa shape index (κ2) is 8.96. The Bertz CT molecular complexity index is 1540. The van der Waals surface area contributed by atoms with E-state index >= 15 is 0 Å². The van der Waals surface area contributed by atoms with E-state index in [1.165, 1.54) is 17.7 Å². The fraction of sp³-hybridized carbons (Fsp3) is 0.645. The average molecular weight is 582 g/mol. The van der Waals surface area contributed by atoms with Crippen LogP contribution in [0.3, 0.4) is 0 Å². The number of nitrogens with zero attached hydrogens (tertiary/aromatic N) is 4. The molecule has 1 amide bonds. The van der Waals surface area contributed by atoms with Crippen molar-refractivity contribution in [3.05, 3.63) is 29.0 Å². The highest BCUT2D eigenvalue weighted by Crippen LogP contribution is 2.66. The number of H-pyrrole nitrogens is 1. The third-order valence-corrected chi connectivity index (χ3v) is 12.1. The van der Waals surface area contributed by atoms with Crippen molar-refractivity contribution in [1.82, 2.24) is 19.7 Å². The zero-order valence-electron chi connectivity index (χ0n) is 25.0. The minimum absolute atomic E-state index is 0.0791. The van der Waals surface area contributed by atoms with Crippen LogP contribution in [0, 0.1) is 36.0 Å². The molecule has 1 unspecified atom stereocenters. The van der Waals surface area contributed by atoms with Gasteiger partial charge in [-0.3, -0.25) is 4.79 Å². The molecule has 220 valence electrons. The van der Waals surface area contributed by atoms with Gasteiger partial charge in [-0.15, -0.1) is 0 Å². The number of carbonyl (C=O) groups is 1. The predicted octanol–water partition coefficient (Wildman–Crippen LogP) is 6.43. The molecule has 7 rings (SSSR count). The summed E-state index contributed by atoms with van der Waals surface area (Å²) in [6, 6.07) is 5.08. The Morgan fingerprint density at radius 3 is 2.68 bits per heavy atom. The Hall–Kier alpha value is -2.59. The van der Waals surface area contributed by atoms with Gasteiger partial charge in [-0.1, -0.05) is 26.6 Å². The number of rotatable bonds is 8. The lowest BCUT2D eigenvalue weighted by molar-refractivity contribution is -0.122. The number of imidazole rings is 1. The van der Waals surface area contributed by atoms with Crippen molar-refractivity contribution in [1.29, 1.82) is 0 Å². The van der Waals surface area contributed by atoms with Gasteiger partial charge in [-0.05, 0) is 74.1 Å². The van der Waals surface area contributed by atoms with Crippen LogP contribution in [0.15, 0.2) is 12.1 Å². The SMILES string of the molecule is Cc1cc2nc(-c3nn(COCC[Si](C)(C)C)c4c3C[C@@H]3C[C@]3(C)C4)[nH]c2cc1N(C)C(=O)C1C[C@@H]2[C@H](C1)C2(F)F. The zero-order valence-corrected chi connectivity index (χ0v) is 26.0. The van der Waals surface area contributed by atoms with Crippen LogP contribution in [0.1, 0.15) is 43.0 Å². The Morgan fingerprint density at radius 1 is 1.24 bits per heavy atom. The van der Waals surface area contributed by atoms with Crippen molar-refractivity contribution in [3.8, 4) is 11.5 Å². The third kappa shape index (κ3) is 4.56. The van der Waals surface area contributed by atoms with Gasteiger partial charge in [-0.25, -0.2) is 18.4 Å². The number of benzene rings is 1. The fourth-order valence-corrected chi connectivity index (χ4v) is 8.23. The molecule has 0 bridgehead atoms. The summed E-state index contributed by atoms with van der Waals surface area (Å²) in [5, 5.41) is 5.04. The first kappa shape index (κ1) is 27.3. The molecule has 0 aliphatic heterocycles. The van der Waals surface area contributed by atoms with Crippen LogP contribution < -0.4 is 4.90 Å². The van der Waals surface area contributed by atoms with Crippen molar-refractivity contribution in [3.63, 3.8) is 0 Å². The number of aromatic amines is 1. The molecule has 7 nitrogen and oxygen atoms in total. The van der Waals surface area contributed by atoms with Crippen molar-refractivity contribution in [2.75, 3.05) is 18.6 Å². The maximum absolute atomic E-state index is 13.7. The molecule has 5 atom stereocenters. The molecular weight excluding hydrogens is 540 g/mol. The van der Waals surface area contributed by atoms with Crippen molar-refractivity contribution < 1.29 is 18.3 Å². The fourth-order valence-electron chi connectivity index (χ4n) is 7.47. The number of amides is 1. The summed E-state index contributed by atoms with van der Waals surface area (Å²) < 4.78 is 35.6. The Labute approximate surface area is 241 Å². The molecular formula is C31H41F2N5O2Si. The maximum atomic E-state index is 13.7. The topological polar surface area (TPSA) is 76.0 Å². The van der Waals surface area contributed by atoms with E-state index in [1.54, 1.807) is 11.9 Å². The van der Waals surface area contributed by atoms with Crippen molar-refractivity contribution in [2.24, 2.45) is 29.1 Å². The van der Waals surface area contributed by atoms with E-state index in [1.807, 2.05) is 19.1 Å². The molecule has 10 heteroatoms. The maximum Gasteiger partial charge on any atom is 0.254 e. The molecule has 3 saturated carbocycles. The van der Waals surface area contributed by atoms with Crippen LogP contribution in [0.25, 0.3) is 22.6 Å². The first-order valence-electron chi connectivity index (χ1n) is 15.1. The van der Waals surface area contributed by atoms with Crippen LogP contribution in [0.2, 0.25) is 25.7 Å². The number of hydrogen-bond donors (Lipinski definition) is 1. The number of alkyl halides is 2. The number of hydrogen-bond acceptors (Lipinski definition) is 4. The number of halogens is 2. The van der Waals surface area contributed by atoms with Gasteiger partial charge in [0.05, 0.1) is 11.0 Å². The minimum atomic E-state index is -2.57. The zero-order chi connectivity index (χ0) is 29.1. The number of anilines is 1. The number of aromatic nitrogens is 4. The quantitative estimate of drug-likeness (QED) is 0.246. The monoisotopic (exact) mass is 581 g/mol. The summed E-state index contributed by atoms with van der Waals surface area (Å²) in [5.74, 6) is -2.78. The molecule has 3 fully saturated rings. The summed E-state index contributed by atoms with van der Waals surface area (Å²) in [4.78, 5) is 23.3. The molecule has 0 radical (unpaired) electrons. The van der Waals surface area contributed by atoms with E-state index in [9.17, 15) is 13.6 Å². The first-order valence-corrected chi connectivity index (χ1v) is 18.8. The van der Waals surface area contributed by atoms with Crippen molar-refractivity contribution in [2.45, 2.75) is 84.3 Å². The molecule has 41 heavy (non-hydrogen) atoms. The number of fused-ring (bicyclic) bond motifs is 4. The standard InChI is InChI=1S/C31H41F2N5O2Si/c1-17-9-23-24(13-25(17)37(3)29(39)18-10-21-22(11-18)31(21,32)33)35-28(34-23)27-20-12-19-14-30(19,2)15-26(20)38(36-27)16-40-7-8-41(4,5)6/h9,13,18-19,21-22H,7-8,10-12,14-16H2,1-6H3,(H,34,35)/t18?,19-,21-,22+,30-/m1/s1. The molecule has 1 N–H and O–H groups in total. The summed E-state index contributed by atoms with van der Waals surface area (Å²) in [6.07, 6.45) is 3.85. The molecule has 0 saturated heterocycles. The lowest BCUT2D eigenvalue weighted by Gasteiger charge is -2.24. The minimum Gasteiger partial charge on any atom is -0.360 e. The average Bonchev–Trinajstić information content (AvgIpc) is 3.36. The van der Waals surface area contributed by atoms with E-state index in [-0.39, 0.29) is 24.7 Å². The number of aryl methyl sites for hydroxylation is 1. The molecule has 2 aromatic heterocycles. The van der Waals surface area contributed by atoms with Crippen molar-refractivity contribution >= 4 is 30.7 Å². The first-order chi connectivity index (χ1) is 19.2. The number of carbonyl (C=O) groups excluding carboxylic acids is 1. The van der Waals surface area contributed by atoms with Crippen LogP contribution in [0.5, 0.6) is 0 Å². The van der Waals surface area contributed by atoms with Crippen LogP contribution >= 0.6 is 0 Å². The highest BCUT2D eigenvalue weighted by molar-refractivity contribution is 6.76. The van der Waals surface area contributed by atoms with E-state index in [0.717, 1.165) is 59.3 Å². The number of ether oxygens (including phenoxy) is 1. The van der Waals surface area contributed by atoms with Gasteiger partial charge in [0, 0.05) is 56.4 Å². The van der Waals surface area contributed by atoms with Gasteiger partial charge in [0.25, 0.3) is 5.92 Å². The second-order valence-corrected chi connectivity index (χ2v) is 20.4. The Kier molecular flexibility index (Phi) is 5.95. The highest BCUT2D eigenvalue weighted by Gasteiger charge is 2.72. The lowest BCUT2D eigenvalue weighted by Crippen LogP contribution is -2.33. The van der Waals surface area contributed by atoms with E-state index in [0.29, 0.717) is 18.1 Å². The van der Waals surface area contributed by atoms with Gasteiger partial charge >= 0.3 is 0 Å². The molecule has 2 heterocycles. The predicted molar refractivity (Wildman–Crippen MR) is 158 cm³/mol. The van der Waals surface area contributed by atoms with Crippen LogP contribution in [-0.2, 0) is 29.1 Å². The highest BCUT2D eigenvalue weighted by atomic mass is 28.3. The van der Waals surface area contributed by atoms with Gasteiger partial charge in [0.1, 0.15) is 12.4 Å². The van der Waals surface area contributed by atoms with Crippen LogP contribution in [-0.4, -0.2) is 53.3 Å². The summed E-state index contributed by atoms with van der Waals surface area (Å²) >= 11 is 0. The Balaban J connectivity index is 1.15. The molecule has 4 aliphatic rings. The summed E-state index contributed by atoms with van der Waals surface area (Å²) in [6.45, 7) is 12.6. The number of nitrogens with one attached hydrogen (secondary N) is 1. The Morgan fingerprint density at radius 2 is 1.98 bits per heavy atom. The molecule has 0 spiro atoms. The largest absolute Gasteiger partial charge is 0.360 e. The van der Waals surface area contributed by atoms with Gasteiger partial charge in [0.2, 0.25) is 5.91 Å². The van der Waals surface area contributed by atoms with E-state index in [2.05, 4.69) is 36.2 Å². The van der Waals surface area contributed by atoms with Gasteiger partial charge in [0.15, 0.2) is 5.82 Å². The van der Waals surface area contributed by atoms with E-state index in [4.69, 9.17) is 14.8 Å². The molecule has 1 aromatic carbocycles. The van der Waals surface area contributed by atoms with Gasteiger partial charge in [-0.2, -0.15) is 5.10 Å². The van der Waals surface area contributed by atoms with E-state index < -0.39 is 25.8 Å². The molecule has 3 aromatic rings. The summed E-state index contributed by atoms with van der Waals surface area (Å²) in [7, 11) is 0.582.